The van der Waals surface area contributed by atoms with Gasteiger partial charge in [-0.25, -0.2) is 4.79 Å². The maximum Gasteiger partial charge on any atom is 0.321 e. The molecule has 0 unspecified atom stereocenters. The van der Waals surface area contributed by atoms with Crippen molar-refractivity contribution in [3.63, 3.8) is 0 Å². The van der Waals surface area contributed by atoms with Gasteiger partial charge >= 0.3 is 6.03 Å². The molecule has 3 amide bonds. The number of hydrogen-bond acceptors (Lipinski definition) is 2. The van der Waals surface area contributed by atoms with Crippen LogP contribution in [0, 0.1) is 0 Å². The molecule has 0 spiro atoms. The molecule has 5 heteroatoms. The van der Waals surface area contributed by atoms with E-state index in [1.54, 1.807) is 18.2 Å². The van der Waals surface area contributed by atoms with E-state index in [2.05, 4.69) is 10.6 Å². The zero-order chi connectivity index (χ0) is 10.8. The van der Waals surface area contributed by atoms with E-state index in [4.69, 9.17) is 11.6 Å². The molecule has 1 aliphatic rings. The van der Waals surface area contributed by atoms with E-state index in [9.17, 15) is 9.59 Å². The molecule has 0 saturated carbocycles. The van der Waals surface area contributed by atoms with Crippen LogP contribution in [0.25, 0.3) is 0 Å². The van der Waals surface area contributed by atoms with Crippen molar-refractivity contribution >= 4 is 23.5 Å². The first kappa shape index (κ1) is 9.98. The minimum atomic E-state index is -0.476. The van der Waals surface area contributed by atoms with E-state index < -0.39 is 6.03 Å². The minimum absolute atomic E-state index is 0.218. The van der Waals surface area contributed by atoms with Crippen molar-refractivity contribution in [2.24, 2.45) is 0 Å². The maximum absolute atomic E-state index is 11.2. The van der Waals surface area contributed by atoms with E-state index in [0.29, 0.717) is 5.02 Å². The van der Waals surface area contributed by atoms with E-state index in [0.717, 1.165) is 5.56 Å². The lowest BCUT2D eigenvalue weighted by molar-refractivity contribution is -0.121. The molecule has 0 aromatic heterocycles. The fraction of sp³-hybridized carbons (Fsp3) is 0.200. The number of rotatable bonds is 1. The molecule has 78 valence electrons. The highest BCUT2D eigenvalue weighted by atomic mass is 35.5. The Labute approximate surface area is 91.6 Å². The van der Waals surface area contributed by atoms with Crippen LogP contribution in [0.1, 0.15) is 18.0 Å². The van der Waals surface area contributed by atoms with Crippen molar-refractivity contribution in [1.29, 1.82) is 0 Å². The van der Waals surface area contributed by atoms with Gasteiger partial charge < -0.3 is 5.32 Å². The average Bonchev–Trinajstić information content (AvgIpc) is 2.16. The van der Waals surface area contributed by atoms with E-state index >= 15 is 0 Å². The highest BCUT2D eigenvalue weighted by Crippen LogP contribution is 2.25. The van der Waals surface area contributed by atoms with Gasteiger partial charge in [0.05, 0.1) is 12.5 Å². The van der Waals surface area contributed by atoms with Crippen molar-refractivity contribution in [1.82, 2.24) is 10.6 Å². The monoisotopic (exact) mass is 224 g/mol. The molecule has 1 heterocycles. The summed E-state index contributed by atoms with van der Waals surface area (Å²) in [5.74, 6) is -0.288. The topological polar surface area (TPSA) is 58.2 Å². The molecule has 1 aromatic rings. The van der Waals surface area contributed by atoms with Gasteiger partial charge in [0.25, 0.3) is 0 Å². The third-order valence-corrected chi connectivity index (χ3v) is 2.57. The predicted octanol–water partition coefficient (Wildman–Crippen LogP) is 1.61. The second-order valence-corrected chi connectivity index (χ2v) is 3.71. The summed E-state index contributed by atoms with van der Waals surface area (Å²) in [7, 11) is 0. The number of nitrogens with one attached hydrogen (secondary N) is 2. The zero-order valence-electron chi connectivity index (χ0n) is 7.79. The molecular formula is C10H9ClN2O2. The summed E-state index contributed by atoms with van der Waals surface area (Å²) < 4.78 is 0. The van der Waals surface area contributed by atoms with Crippen molar-refractivity contribution in [3.8, 4) is 0 Å². The Morgan fingerprint density at radius 2 is 2.00 bits per heavy atom. The highest BCUT2D eigenvalue weighted by Gasteiger charge is 2.26. The van der Waals surface area contributed by atoms with E-state index in [1.807, 2.05) is 6.07 Å². The Kier molecular flexibility index (Phi) is 2.60. The maximum atomic E-state index is 11.2. The number of urea groups is 1. The van der Waals surface area contributed by atoms with Gasteiger partial charge in [0, 0.05) is 5.02 Å². The number of halogens is 1. The van der Waals surface area contributed by atoms with Gasteiger partial charge in [-0.05, 0) is 11.6 Å². The van der Waals surface area contributed by atoms with Gasteiger partial charge in [-0.1, -0.05) is 29.8 Å². The number of imide groups is 1. The van der Waals surface area contributed by atoms with Crippen LogP contribution in [-0.2, 0) is 4.79 Å². The smallest absolute Gasteiger partial charge is 0.321 e. The van der Waals surface area contributed by atoms with Gasteiger partial charge in [-0.2, -0.15) is 0 Å². The number of benzene rings is 1. The van der Waals surface area contributed by atoms with E-state index in [1.165, 1.54) is 0 Å². The molecule has 1 saturated heterocycles. The largest absolute Gasteiger partial charge is 0.330 e. The summed E-state index contributed by atoms with van der Waals surface area (Å²) in [6.07, 6.45) is 0.218. The van der Waals surface area contributed by atoms with Gasteiger partial charge in [-0.3, -0.25) is 10.1 Å². The lowest BCUT2D eigenvalue weighted by atomic mass is 10.0. The van der Waals surface area contributed by atoms with Gasteiger partial charge in [0.2, 0.25) is 5.91 Å². The molecule has 1 fully saturated rings. The molecule has 0 bridgehead atoms. The summed E-state index contributed by atoms with van der Waals surface area (Å²) in [6, 6.07) is 6.34. The van der Waals surface area contributed by atoms with Gasteiger partial charge in [0.15, 0.2) is 0 Å². The SMILES string of the molecule is O=C1C[C@H](c2ccccc2Cl)NC(=O)N1. The first-order valence-electron chi connectivity index (χ1n) is 4.51. The third-order valence-electron chi connectivity index (χ3n) is 2.23. The summed E-state index contributed by atoms with van der Waals surface area (Å²) in [6.45, 7) is 0. The summed E-state index contributed by atoms with van der Waals surface area (Å²) in [4.78, 5) is 22.2. The minimum Gasteiger partial charge on any atom is -0.330 e. The molecule has 2 rings (SSSR count). The standard InChI is InChI=1S/C10H9ClN2O2/c11-7-4-2-1-3-6(7)8-5-9(14)13-10(15)12-8/h1-4,8H,5H2,(H2,12,13,14,15)/t8-/m1/s1. The Hall–Kier alpha value is -1.55. The van der Waals surface area contributed by atoms with Crippen LogP contribution in [0.15, 0.2) is 24.3 Å². The Morgan fingerprint density at radius 1 is 1.27 bits per heavy atom. The number of carbonyl (C=O) groups excluding carboxylic acids is 2. The number of carbonyl (C=O) groups is 2. The molecule has 1 atom stereocenters. The molecule has 15 heavy (non-hydrogen) atoms. The predicted molar refractivity (Wildman–Crippen MR) is 55.5 cm³/mol. The molecule has 1 aromatic carbocycles. The first-order valence-corrected chi connectivity index (χ1v) is 4.89. The van der Waals surface area contributed by atoms with Crippen molar-refractivity contribution in [2.45, 2.75) is 12.5 Å². The zero-order valence-corrected chi connectivity index (χ0v) is 8.54. The number of hydrogen-bond donors (Lipinski definition) is 2. The van der Waals surface area contributed by atoms with Gasteiger partial charge in [0.1, 0.15) is 0 Å². The van der Waals surface area contributed by atoms with Crippen LogP contribution in [0.4, 0.5) is 4.79 Å². The van der Waals surface area contributed by atoms with E-state index in [-0.39, 0.29) is 18.4 Å². The lowest BCUT2D eigenvalue weighted by Gasteiger charge is -2.24. The molecule has 2 N–H and O–H groups in total. The van der Waals surface area contributed by atoms with Crippen molar-refractivity contribution in [3.05, 3.63) is 34.9 Å². The fourth-order valence-electron chi connectivity index (χ4n) is 1.55. The Balaban J connectivity index is 2.27. The second kappa shape index (κ2) is 3.90. The fourth-order valence-corrected chi connectivity index (χ4v) is 1.82. The molecule has 0 radical (unpaired) electrons. The van der Waals surface area contributed by atoms with Crippen LogP contribution >= 0.6 is 11.6 Å². The molecule has 1 aliphatic heterocycles. The van der Waals surface area contributed by atoms with Gasteiger partial charge in [-0.15, -0.1) is 0 Å². The quantitative estimate of drug-likeness (QED) is 0.762. The van der Waals surface area contributed by atoms with Crippen molar-refractivity contribution < 1.29 is 9.59 Å². The highest BCUT2D eigenvalue weighted by molar-refractivity contribution is 6.31. The van der Waals surface area contributed by atoms with Crippen LogP contribution in [-0.4, -0.2) is 11.9 Å². The Morgan fingerprint density at radius 3 is 2.67 bits per heavy atom. The summed E-state index contributed by atoms with van der Waals surface area (Å²) >= 11 is 5.97. The summed E-state index contributed by atoms with van der Waals surface area (Å²) in [5.41, 5.74) is 0.766. The molecular weight excluding hydrogens is 216 g/mol. The molecule has 4 nitrogen and oxygen atoms in total. The average molecular weight is 225 g/mol. The summed E-state index contributed by atoms with van der Waals surface area (Å²) in [5, 5.41) is 5.37. The van der Waals surface area contributed by atoms with Crippen LogP contribution in [0.5, 0.6) is 0 Å². The van der Waals surface area contributed by atoms with Crippen LogP contribution in [0.2, 0.25) is 5.02 Å². The molecule has 0 aliphatic carbocycles. The Bertz CT molecular complexity index is 404. The lowest BCUT2D eigenvalue weighted by Crippen LogP contribution is -2.48. The van der Waals surface area contributed by atoms with Crippen molar-refractivity contribution in [2.75, 3.05) is 0 Å². The van der Waals surface area contributed by atoms with Crippen LogP contribution in [0.3, 0.4) is 0 Å². The second-order valence-electron chi connectivity index (χ2n) is 3.30. The first-order chi connectivity index (χ1) is 7.16. The number of amides is 3. The van der Waals surface area contributed by atoms with Crippen LogP contribution < -0.4 is 10.6 Å². The third kappa shape index (κ3) is 2.10. The normalized spacial score (nSPS) is 20.7.